The van der Waals surface area contributed by atoms with E-state index in [1.54, 1.807) is 0 Å². The standard InChI is InChI=1S/C64H41NO/c1-3-16-52-44(13-1)36-39-58-54(20-10-22-57(52)58)49-14-9-15-51(40-49)65(50-37-34-46(35-38-50)56-21-11-25-63-64(56)59-19-6-8-24-62(59)66-63)61-23-7-5-18-55(61)45-28-26-42(27-29-45)48-33-32-47-31-30-43-12-2-4-17-53(43)60(47)41-48/h1-41H. The first kappa shape index (κ1) is 37.8. The minimum Gasteiger partial charge on any atom is -0.456 e. The summed E-state index contributed by atoms with van der Waals surface area (Å²) in [6.07, 6.45) is 0. The van der Waals surface area contributed by atoms with Gasteiger partial charge in [-0.2, -0.15) is 0 Å². The zero-order chi connectivity index (χ0) is 43.6. The van der Waals surface area contributed by atoms with Gasteiger partial charge in [-0.1, -0.05) is 200 Å². The van der Waals surface area contributed by atoms with Crippen LogP contribution in [0.1, 0.15) is 0 Å². The van der Waals surface area contributed by atoms with Gasteiger partial charge in [-0.3, -0.25) is 0 Å². The number of furan rings is 1. The van der Waals surface area contributed by atoms with E-state index in [1.807, 2.05) is 12.1 Å². The van der Waals surface area contributed by atoms with E-state index in [0.29, 0.717) is 0 Å². The third-order valence-electron chi connectivity index (χ3n) is 13.5. The highest BCUT2D eigenvalue weighted by Gasteiger charge is 2.20. The Kier molecular flexibility index (Phi) is 8.89. The van der Waals surface area contributed by atoms with E-state index in [1.165, 1.54) is 65.3 Å². The zero-order valence-corrected chi connectivity index (χ0v) is 36.0. The predicted molar refractivity (Wildman–Crippen MR) is 280 cm³/mol. The van der Waals surface area contributed by atoms with Crippen LogP contribution in [-0.2, 0) is 0 Å². The number of hydrogen-bond donors (Lipinski definition) is 0. The molecule has 1 heterocycles. The zero-order valence-electron chi connectivity index (χ0n) is 36.0. The minimum atomic E-state index is 0.895. The molecule has 0 aliphatic carbocycles. The van der Waals surface area contributed by atoms with E-state index in [4.69, 9.17) is 4.42 Å². The molecule has 0 aliphatic heterocycles. The summed E-state index contributed by atoms with van der Waals surface area (Å²) >= 11 is 0. The first-order valence-corrected chi connectivity index (χ1v) is 22.7. The van der Waals surface area contributed by atoms with Gasteiger partial charge in [0, 0.05) is 27.7 Å². The van der Waals surface area contributed by atoms with Gasteiger partial charge in [0.2, 0.25) is 0 Å². The third kappa shape index (κ3) is 6.34. The maximum atomic E-state index is 6.30. The lowest BCUT2D eigenvalue weighted by Gasteiger charge is -2.28. The summed E-state index contributed by atoms with van der Waals surface area (Å²) in [4.78, 5) is 2.42. The molecule has 0 N–H and O–H groups in total. The first-order chi connectivity index (χ1) is 32.7. The molecule has 0 radical (unpaired) electrons. The van der Waals surface area contributed by atoms with Crippen molar-refractivity contribution in [2.75, 3.05) is 4.90 Å². The van der Waals surface area contributed by atoms with Crippen molar-refractivity contribution in [2.45, 2.75) is 0 Å². The number of anilines is 3. The van der Waals surface area contributed by atoms with Crippen LogP contribution in [0.5, 0.6) is 0 Å². The van der Waals surface area contributed by atoms with Crippen LogP contribution in [0.15, 0.2) is 253 Å². The number of hydrogen-bond acceptors (Lipinski definition) is 2. The summed E-state index contributed by atoms with van der Waals surface area (Å²) in [6.45, 7) is 0. The summed E-state index contributed by atoms with van der Waals surface area (Å²) in [6, 6.07) is 90.4. The number of fused-ring (bicyclic) bond motifs is 9. The highest BCUT2D eigenvalue weighted by atomic mass is 16.3. The van der Waals surface area contributed by atoms with Gasteiger partial charge in [0.05, 0.1) is 5.69 Å². The average molecular weight is 840 g/mol. The monoisotopic (exact) mass is 839 g/mol. The van der Waals surface area contributed by atoms with Gasteiger partial charge < -0.3 is 9.32 Å². The van der Waals surface area contributed by atoms with E-state index in [0.717, 1.165) is 61.3 Å². The molecule has 0 bridgehead atoms. The van der Waals surface area contributed by atoms with Gasteiger partial charge in [0.1, 0.15) is 11.2 Å². The van der Waals surface area contributed by atoms with Crippen LogP contribution in [0.25, 0.3) is 110 Å². The number of nitrogens with zero attached hydrogens (tertiary/aromatic N) is 1. The normalized spacial score (nSPS) is 11.6. The van der Waals surface area contributed by atoms with Crippen molar-refractivity contribution in [3.63, 3.8) is 0 Å². The lowest BCUT2D eigenvalue weighted by atomic mass is 9.94. The second-order valence-corrected chi connectivity index (χ2v) is 17.2. The Balaban J connectivity index is 0.942. The molecule has 0 atom stereocenters. The van der Waals surface area contributed by atoms with Crippen molar-refractivity contribution in [1.29, 1.82) is 0 Å². The molecule has 13 rings (SSSR count). The Labute approximate surface area is 382 Å². The van der Waals surface area contributed by atoms with Gasteiger partial charge in [-0.25, -0.2) is 0 Å². The minimum absolute atomic E-state index is 0.895. The largest absolute Gasteiger partial charge is 0.456 e. The molecule has 0 amide bonds. The van der Waals surface area contributed by atoms with Crippen LogP contribution in [0, 0.1) is 0 Å². The molecule has 0 aliphatic rings. The molecule has 13 aromatic rings. The number of rotatable bonds is 7. The van der Waals surface area contributed by atoms with Crippen LogP contribution in [-0.4, -0.2) is 0 Å². The highest BCUT2D eigenvalue weighted by Crippen LogP contribution is 2.45. The van der Waals surface area contributed by atoms with Crippen molar-refractivity contribution in [3.05, 3.63) is 249 Å². The average Bonchev–Trinajstić information content (AvgIpc) is 3.78. The van der Waals surface area contributed by atoms with Crippen molar-refractivity contribution in [2.24, 2.45) is 0 Å². The van der Waals surface area contributed by atoms with E-state index in [-0.39, 0.29) is 0 Å². The van der Waals surface area contributed by atoms with Crippen LogP contribution in [0.3, 0.4) is 0 Å². The van der Waals surface area contributed by atoms with E-state index < -0.39 is 0 Å². The smallest absolute Gasteiger partial charge is 0.136 e. The second kappa shape index (κ2) is 15.5. The highest BCUT2D eigenvalue weighted by molar-refractivity contribution is 6.14. The molecule has 0 fully saturated rings. The van der Waals surface area contributed by atoms with Crippen LogP contribution < -0.4 is 4.90 Å². The molecule has 66 heavy (non-hydrogen) atoms. The van der Waals surface area contributed by atoms with Crippen molar-refractivity contribution in [1.82, 2.24) is 0 Å². The van der Waals surface area contributed by atoms with Gasteiger partial charge in [-0.05, 0) is 131 Å². The first-order valence-electron chi connectivity index (χ1n) is 22.7. The third-order valence-corrected chi connectivity index (χ3v) is 13.5. The summed E-state index contributed by atoms with van der Waals surface area (Å²) < 4.78 is 6.30. The Morgan fingerprint density at radius 1 is 0.258 bits per heavy atom. The summed E-state index contributed by atoms with van der Waals surface area (Å²) in [7, 11) is 0. The van der Waals surface area contributed by atoms with Crippen LogP contribution >= 0.6 is 0 Å². The summed E-state index contributed by atoms with van der Waals surface area (Å²) in [5.41, 5.74) is 14.4. The molecule has 12 aromatic carbocycles. The Hall–Kier alpha value is -8.72. The molecule has 0 unspecified atom stereocenters. The predicted octanol–water partition coefficient (Wildman–Crippen LogP) is 18.3. The molecular weight excluding hydrogens is 799 g/mol. The summed E-state index contributed by atoms with van der Waals surface area (Å²) in [5, 5.41) is 12.3. The topological polar surface area (TPSA) is 16.4 Å². The molecule has 308 valence electrons. The second-order valence-electron chi connectivity index (χ2n) is 17.2. The fourth-order valence-corrected chi connectivity index (χ4v) is 10.3. The Morgan fingerprint density at radius 2 is 0.803 bits per heavy atom. The fourth-order valence-electron chi connectivity index (χ4n) is 10.3. The quantitative estimate of drug-likeness (QED) is 0.149. The SMILES string of the molecule is c1cc(-c2cccc3c2ccc2ccccc23)cc(N(c2ccc(-c3cccc4oc5ccccc5c34)cc2)c2ccccc2-c2ccc(-c3ccc4ccc5ccccc5c4c3)cc2)c1. The molecule has 0 saturated heterocycles. The molecule has 0 saturated carbocycles. The van der Waals surface area contributed by atoms with Gasteiger partial charge in [0.15, 0.2) is 0 Å². The number of benzene rings is 12. The maximum absolute atomic E-state index is 6.30. The lowest BCUT2D eigenvalue weighted by molar-refractivity contribution is 0.669. The molecule has 2 nitrogen and oxygen atoms in total. The van der Waals surface area contributed by atoms with E-state index in [9.17, 15) is 0 Å². The summed E-state index contributed by atoms with van der Waals surface area (Å²) in [5.74, 6) is 0. The molecule has 1 aromatic heterocycles. The van der Waals surface area contributed by atoms with Crippen molar-refractivity contribution < 1.29 is 4.42 Å². The Morgan fingerprint density at radius 3 is 1.64 bits per heavy atom. The maximum Gasteiger partial charge on any atom is 0.136 e. The number of para-hydroxylation sites is 2. The van der Waals surface area contributed by atoms with Crippen LogP contribution in [0.4, 0.5) is 17.1 Å². The fraction of sp³-hybridized carbons (Fsp3) is 0. The van der Waals surface area contributed by atoms with Gasteiger partial charge in [0.25, 0.3) is 0 Å². The lowest BCUT2D eigenvalue weighted by Crippen LogP contribution is -2.11. The Bertz CT molecular complexity index is 3990. The van der Waals surface area contributed by atoms with E-state index in [2.05, 4.69) is 241 Å². The molecule has 0 spiro atoms. The van der Waals surface area contributed by atoms with Gasteiger partial charge in [-0.15, -0.1) is 0 Å². The van der Waals surface area contributed by atoms with Crippen LogP contribution in [0.2, 0.25) is 0 Å². The van der Waals surface area contributed by atoms with Crippen molar-refractivity contribution >= 4 is 82.1 Å². The van der Waals surface area contributed by atoms with E-state index >= 15 is 0 Å². The van der Waals surface area contributed by atoms with Crippen molar-refractivity contribution in [3.8, 4) is 44.5 Å². The van der Waals surface area contributed by atoms with Gasteiger partial charge >= 0.3 is 0 Å². The molecular formula is C64H41NO. The molecule has 2 heteroatoms.